The van der Waals surface area contributed by atoms with Crippen LogP contribution < -0.4 is 5.32 Å². The Morgan fingerprint density at radius 1 is 1.60 bits per heavy atom. The molecule has 1 aliphatic heterocycles. The van der Waals surface area contributed by atoms with E-state index in [0.717, 1.165) is 11.1 Å². The van der Waals surface area contributed by atoms with Crippen LogP contribution in [-0.2, 0) is 0 Å². The average molecular weight is 271 g/mol. The summed E-state index contributed by atoms with van der Waals surface area (Å²) in [5, 5.41) is 3.36. The Bertz CT molecular complexity index is 331. The lowest BCUT2D eigenvalue weighted by Gasteiger charge is -2.30. The summed E-state index contributed by atoms with van der Waals surface area (Å²) in [6.45, 7) is 2.26. The minimum absolute atomic E-state index is 0.470. The predicted octanol–water partition coefficient (Wildman–Crippen LogP) is 1.75. The van der Waals surface area contributed by atoms with E-state index in [1.165, 1.54) is 19.4 Å². The third-order valence-corrected chi connectivity index (χ3v) is 3.02. The Morgan fingerprint density at radius 3 is 3.20 bits per heavy atom. The van der Waals surface area contributed by atoms with Gasteiger partial charge in [0.15, 0.2) is 0 Å². The summed E-state index contributed by atoms with van der Waals surface area (Å²) >= 11 is 3.34. The van der Waals surface area contributed by atoms with Crippen molar-refractivity contribution < 1.29 is 0 Å². The number of nitrogens with zero attached hydrogens (tertiary/aromatic N) is 3. The van der Waals surface area contributed by atoms with Gasteiger partial charge in [0.25, 0.3) is 0 Å². The van der Waals surface area contributed by atoms with E-state index in [0.29, 0.717) is 12.0 Å². The Balaban J connectivity index is 1.96. The maximum Gasteiger partial charge on any atom is 0.223 e. The van der Waals surface area contributed by atoms with Gasteiger partial charge in [-0.25, -0.2) is 9.97 Å². The van der Waals surface area contributed by atoms with Crippen LogP contribution in [0, 0.1) is 0 Å². The summed E-state index contributed by atoms with van der Waals surface area (Å²) in [5.41, 5.74) is 0. The predicted molar refractivity (Wildman–Crippen MR) is 63.9 cm³/mol. The molecule has 0 amide bonds. The van der Waals surface area contributed by atoms with Crippen LogP contribution in [0.5, 0.6) is 0 Å². The summed E-state index contributed by atoms with van der Waals surface area (Å²) in [6.07, 6.45) is 4.19. The molecule has 1 saturated heterocycles. The van der Waals surface area contributed by atoms with Gasteiger partial charge in [0, 0.05) is 18.8 Å². The molecule has 0 aromatic carbocycles. The highest BCUT2D eigenvalue weighted by molar-refractivity contribution is 9.10. The summed E-state index contributed by atoms with van der Waals surface area (Å²) in [7, 11) is 2.15. The molecule has 1 fully saturated rings. The van der Waals surface area contributed by atoms with Crippen molar-refractivity contribution in [2.75, 3.05) is 25.5 Å². The molecule has 0 aliphatic carbocycles. The van der Waals surface area contributed by atoms with Crippen molar-refractivity contribution in [3.63, 3.8) is 0 Å². The van der Waals surface area contributed by atoms with E-state index in [9.17, 15) is 0 Å². The first-order chi connectivity index (χ1) is 7.24. The van der Waals surface area contributed by atoms with Crippen LogP contribution in [0.3, 0.4) is 0 Å². The maximum absolute atomic E-state index is 4.27. The van der Waals surface area contributed by atoms with E-state index in [1.54, 1.807) is 6.20 Å². The highest BCUT2D eigenvalue weighted by atomic mass is 79.9. The summed E-state index contributed by atoms with van der Waals surface area (Å²) in [5.74, 6) is 0.713. The molecule has 0 saturated carbocycles. The number of anilines is 1. The third-order valence-electron chi connectivity index (χ3n) is 2.58. The number of likely N-dealkylation sites (N-methyl/N-ethyl adjacent to an activating group) is 1. The number of rotatable bonds is 2. The van der Waals surface area contributed by atoms with Crippen molar-refractivity contribution >= 4 is 21.9 Å². The van der Waals surface area contributed by atoms with Gasteiger partial charge in [-0.2, -0.15) is 0 Å². The SMILES string of the molecule is CN1CCCC(Nc2nccc(Br)n2)C1. The van der Waals surface area contributed by atoms with Gasteiger partial charge < -0.3 is 10.2 Å². The lowest BCUT2D eigenvalue weighted by Crippen LogP contribution is -2.40. The van der Waals surface area contributed by atoms with E-state index in [4.69, 9.17) is 0 Å². The zero-order valence-electron chi connectivity index (χ0n) is 8.78. The van der Waals surface area contributed by atoms with E-state index in [1.807, 2.05) is 6.07 Å². The molecule has 2 rings (SSSR count). The van der Waals surface area contributed by atoms with Gasteiger partial charge in [-0.05, 0) is 48.4 Å². The van der Waals surface area contributed by atoms with Crippen LogP contribution in [0.25, 0.3) is 0 Å². The Morgan fingerprint density at radius 2 is 2.47 bits per heavy atom. The van der Waals surface area contributed by atoms with E-state index in [2.05, 4.69) is 43.2 Å². The molecule has 0 spiro atoms. The van der Waals surface area contributed by atoms with Crippen LogP contribution in [0.4, 0.5) is 5.95 Å². The van der Waals surface area contributed by atoms with Gasteiger partial charge in [-0.15, -0.1) is 0 Å². The lowest BCUT2D eigenvalue weighted by molar-refractivity contribution is 0.260. The molecule has 1 atom stereocenters. The van der Waals surface area contributed by atoms with Crippen molar-refractivity contribution in [3.8, 4) is 0 Å². The van der Waals surface area contributed by atoms with Crippen molar-refractivity contribution in [1.29, 1.82) is 0 Å². The summed E-state index contributed by atoms with van der Waals surface area (Å²) < 4.78 is 0.823. The number of piperidine rings is 1. The fourth-order valence-electron chi connectivity index (χ4n) is 1.87. The minimum atomic E-state index is 0.470. The number of hydrogen-bond acceptors (Lipinski definition) is 4. The first-order valence-corrected chi connectivity index (χ1v) is 5.97. The molecule has 0 radical (unpaired) electrons. The molecular weight excluding hydrogens is 256 g/mol. The van der Waals surface area contributed by atoms with Crippen molar-refractivity contribution in [2.45, 2.75) is 18.9 Å². The Hall–Kier alpha value is -0.680. The number of likely N-dealkylation sites (tertiary alicyclic amines) is 1. The zero-order chi connectivity index (χ0) is 10.7. The molecule has 1 unspecified atom stereocenters. The largest absolute Gasteiger partial charge is 0.350 e. The first kappa shape index (κ1) is 10.8. The number of hydrogen-bond donors (Lipinski definition) is 1. The third kappa shape index (κ3) is 3.14. The maximum atomic E-state index is 4.27. The topological polar surface area (TPSA) is 41.0 Å². The molecule has 1 N–H and O–H groups in total. The number of halogens is 1. The highest BCUT2D eigenvalue weighted by Crippen LogP contribution is 2.13. The molecule has 1 aromatic heterocycles. The molecular formula is C10H15BrN4. The second kappa shape index (κ2) is 4.90. The van der Waals surface area contributed by atoms with E-state index >= 15 is 0 Å². The fraction of sp³-hybridized carbons (Fsp3) is 0.600. The van der Waals surface area contributed by atoms with Crippen molar-refractivity contribution in [1.82, 2.24) is 14.9 Å². The van der Waals surface area contributed by atoms with Gasteiger partial charge in [-0.1, -0.05) is 0 Å². The van der Waals surface area contributed by atoms with E-state index < -0.39 is 0 Å². The van der Waals surface area contributed by atoms with Crippen LogP contribution in [0.2, 0.25) is 0 Å². The average Bonchev–Trinajstić information content (AvgIpc) is 2.17. The molecule has 1 aromatic rings. The molecule has 15 heavy (non-hydrogen) atoms. The summed E-state index contributed by atoms with van der Waals surface area (Å²) in [4.78, 5) is 10.8. The fourth-order valence-corrected chi connectivity index (χ4v) is 2.16. The molecule has 1 aliphatic rings. The van der Waals surface area contributed by atoms with Gasteiger partial charge >= 0.3 is 0 Å². The molecule has 2 heterocycles. The molecule has 4 nitrogen and oxygen atoms in total. The van der Waals surface area contributed by atoms with Crippen LogP contribution in [0.1, 0.15) is 12.8 Å². The van der Waals surface area contributed by atoms with Gasteiger partial charge in [0.05, 0.1) is 0 Å². The quantitative estimate of drug-likeness (QED) is 0.832. The molecule has 0 bridgehead atoms. The van der Waals surface area contributed by atoms with Crippen LogP contribution >= 0.6 is 15.9 Å². The minimum Gasteiger partial charge on any atom is -0.350 e. The molecule has 82 valence electrons. The smallest absolute Gasteiger partial charge is 0.223 e. The van der Waals surface area contributed by atoms with Crippen molar-refractivity contribution in [3.05, 3.63) is 16.9 Å². The monoisotopic (exact) mass is 270 g/mol. The Labute approximate surface area is 98.2 Å². The van der Waals surface area contributed by atoms with Crippen LogP contribution in [0.15, 0.2) is 16.9 Å². The van der Waals surface area contributed by atoms with Gasteiger partial charge in [0.2, 0.25) is 5.95 Å². The number of aromatic nitrogens is 2. The lowest BCUT2D eigenvalue weighted by atomic mass is 10.1. The van der Waals surface area contributed by atoms with Crippen LogP contribution in [-0.4, -0.2) is 41.0 Å². The second-order valence-electron chi connectivity index (χ2n) is 3.95. The standard InChI is InChI=1S/C10H15BrN4/c1-15-6-2-3-8(7-15)13-10-12-5-4-9(11)14-10/h4-5,8H,2-3,6-7H2,1H3,(H,12,13,14). The second-order valence-corrected chi connectivity index (χ2v) is 4.76. The Kier molecular flexibility index (Phi) is 3.53. The summed E-state index contributed by atoms with van der Waals surface area (Å²) in [6, 6.07) is 2.30. The zero-order valence-corrected chi connectivity index (χ0v) is 10.4. The van der Waals surface area contributed by atoms with E-state index in [-0.39, 0.29) is 0 Å². The van der Waals surface area contributed by atoms with Crippen molar-refractivity contribution in [2.24, 2.45) is 0 Å². The highest BCUT2D eigenvalue weighted by Gasteiger charge is 2.17. The number of nitrogens with one attached hydrogen (secondary N) is 1. The first-order valence-electron chi connectivity index (χ1n) is 5.17. The van der Waals surface area contributed by atoms with Gasteiger partial charge in [0.1, 0.15) is 4.60 Å². The van der Waals surface area contributed by atoms with Gasteiger partial charge in [-0.3, -0.25) is 0 Å². The normalized spacial score (nSPS) is 22.7. The molecule has 5 heteroatoms.